The fourth-order valence-electron chi connectivity index (χ4n) is 7.25. The molecule has 0 N–H and O–H groups in total. The van der Waals surface area contributed by atoms with Crippen LogP contribution in [-0.2, 0) is 22.3 Å². The van der Waals surface area contributed by atoms with Crippen molar-refractivity contribution in [3.8, 4) is 17.2 Å². The average molecular weight is 680 g/mol. The highest BCUT2D eigenvalue weighted by Gasteiger charge is 2.44. The molecule has 1 amide bonds. The molecule has 0 spiro atoms. The van der Waals surface area contributed by atoms with Gasteiger partial charge < -0.3 is 19.1 Å². The maximum absolute atomic E-state index is 13.9. The molecule has 14 heteroatoms. The van der Waals surface area contributed by atoms with Crippen LogP contribution < -0.4 is 9.47 Å². The van der Waals surface area contributed by atoms with Gasteiger partial charge in [-0.05, 0) is 33.7 Å². The first-order valence-electron chi connectivity index (χ1n) is 16.2. The predicted molar refractivity (Wildman–Crippen MR) is 175 cm³/mol. The van der Waals surface area contributed by atoms with E-state index in [4.69, 9.17) is 14.2 Å². The molecule has 2 unspecified atom stereocenters. The highest BCUT2D eigenvalue weighted by atomic mass is 19.4. The first-order chi connectivity index (χ1) is 23.7. The van der Waals surface area contributed by atoms with E-state index < -0.39 is 12.0 Å². The summed E-state index contributed by atoms with van der Waals surface area (Å²) in [5.41, 5.74) is 2.96. The molecule has 11 nitrogen and oxygen atoms in total. The minimum Gasteiger partial charge on any atom is -0.496 e. The molecule has 4 aromatic rings. The van der Waals surface area contributed by atoms with E-state index in [0.717, 1.165) is 0 Å². The molecule has 3 aromatic carbocycles. The quantitative estimate of drug-likeness (QED) is 0.230. The van der Waals surface area contributed by atoms with E-state index in [0.29, 0.717) is 68.3 Å². The maximum atomic E-state index is 13.9. The summed E-state index contributed by atoms with van der Waals surface area (Å²) in [5, 5.41) is 10.2. The molecular formula is C35H40F3N7O4. The molecule has 0 bridgehead atoms. The summed E-state index contributed by atoms with van der Waals surface area (Å²) in [5.74, 6) is -0.558. The number of fused-ring (bicyclic) bond motifs is 1. The Hall–Kier alpha value is -4.53. The van der Waals surface area contributed by atoms with Crippen molar-refractivity contribution in [3.63, 3.8) is 0 Å². The molecule has 6 rings (SSSR count). The standard InChI is InChI=1S/C35H40F3N7O4/c1-47-19-16-31(46)43-17-18-44-26(21-43)20-42(23-29(44)32(24-10-6-4-7-11-24)25-12-8-5-9-13-25)22-27-30(48-2)15-14-28(33(27)49-3)45-34(35(36,37)38)39-40-41-45/h4-15,26,29,32H,16-23H2,1-3H3. The number of hydrogen-bond donors (Lipinski definition) is 0. The molecule has 2 aliphatic rings. The molecule has 2 atom stereocenters. The highest BCUT2D eigenvalue weighted by Crippen LogP contribution is 2.40. The number of nitrogens with zero attached hydrogens (tertiary/aromatic N) is 7. The van der Waals surface area contributed by atoms with Crippen molar-refractivity contribution in [1.82, 2.24) is 34.9 Å². The first-order valence-corrected chi connectivity index (χ1v) is 16.2. The van der Waals surface area contributed by atoms with Gasteiger partial charge in [-0.25, -0.2) is 0 Å². The van der Waals surface area contributed by atoms with Crippen molar-refractivity contribution in [2.24, 2.45) is 0 Å². The van der Waals surface area contributed by atoms with Gasteiger partial charge in [0.2, 0.25) is 5.91 Å². The van der Waals surface area contributed by atoms with Gasteiger partial charge in [-0.15, -0.1) is 5.10 Å². The number of carbonyl (C=O) groups excluding carboxylic acids is 1. The Balaban J connectivity index is 1.40. The van der Waals surface area contributed by atoms with Gasteiger partial charge in [-0.2, -0.15) is 17.9 Å². The largest absolute Gasteiger partial charge is 0.496 e. The van der Waals surface area contributed by atoms with E-state index >= 15 is 0 Å². The Labute approximate surface area is 283 Å². The van der Waals surface area contributed by atoms with Gasteiger partial charge in [0.25, 0.3) is 5.82 Å². The van der Waals surface area contributed by atoms with E-state index in [9.17, 15) is 18.0 Å². The SMILES string of the molecule is COCCC(=O)N1CCN2C(CN(Cc3c(OC)ccc(-n4nnnc4C(F)(F)F)c3OC)CC2C(c2ccccc2)c2ccccc2)C1. The third-order valence-electron chi connectivity index (χ3n) is 9.40. The van der Waals surface area contributed by atoms with Crippen LogP contribution in [0.25, 0.3) is 5.69 Å². The Morgan fingerprint density at radius 3 is 2.20 bits per heavy atom. The van der Waals surface area contributed by atoms with E-state index in [2.05, 4.69) is 49.6 Å². The summed E-state index contributed by atoms with van der Waals surface area (Å²) in [6, 6.07) is 23.9. The van der Waals surface area contributed by atoms with E-state index in [1.54, 1.807) is 13.2 Å². The molecule has 2 fully saturated rings. The maximum Gasteiger partial charge on any atom is 0.453 e. The van der Waals surface area contributed by atoms with Crippen LogP contribution in [0.3, 0.4) is 0 Å². The fourth-order valence-corrected chi connectivity index (χ4v) is 7.25. The summed E-state index contributed by atoms with van der Waals surface area (Å²) in [6.07, 6.45) is -4.47. The smallest absolute Gasteiger partial charge is 0.453 e. The van der Waals surface area contributed by atoms with E-state index in [1.165, 1.54) is 31.4 Å². The zero-order valence-corrected chi connectivity index (χ0v) is 27.7. The molecule has 0 aliphatic carbocycles. The van der Waals surface area contributed by atoms with Crippen LogP contribution in [0.4, 0.5) is 13.2 Å². The van der Waals surface area contributed by atoms with E-state index in [-0.39, 0.29) is 35.3 Å². The van der Waals surface area contributed by atoms with Crippen LogP contribution in [0.2, 0.25) is 0 Å². The minimum atomic E-state index is -4.78. The Morgan fingerprint density at radius 2 is 1.59 bits per heavy atom. The van der Waals surface area contributed by atoms with Crippen LogP contribution in [0, 0.1) is 0 Å². The van der Waals surface area contributed by atoms with Crippen molar-refractivity contribution in [3.05, 3.63) is 95.3 Å². The number of tetrazole rings is 1. The lowest BCUT2D eigenvalue weighted by Gasteiger charge is -2.53. The third-order valence-corrected chi connectivity index (χ3v) is 9.40. The van der Waals surface area contributed by atoms with Crippen molar-refractivity contribution in [2.45, 2.75) is 37.1 Å². The number of ether oxygens (including phenoxy) is 3. The van der Waals surface area contributed by atoms with Crippen LogP contribution in [0.1, 0.15) is 34.9 Å². The van der Waals surface area contributed by atoms with Crippen LogP contribution in [0.5, 0.6) is 11.5 Å². The van der Waals surface area contributed by atoms with Gasteiger partial charge in [0, 0.05) is 64.4 Å². The second kappa shape index (κ2) is 14.9. The molecule has 0 saturated carbocycles. The summed E-state index contributed by atoms with van der Waals surface area (Å²) in [4.78, 5) is 19.9. The first kappa shape index (κ1) is 34.3. The number of amides is 1. The second-order valence-electron chi connectivity index (χ2n) is 12.2. The highest BCUT2D eigenvalue weighted by molar-refractivity contribution is 5.76. The van der Waals surface area contributed by atoms with Gasteiger partial charge in [-0.3, -0.25) is 14.6 Å². The molecule has 2 aliphatic heterocycles. The zero-order valence-electron chi connectivity index (χ0n) is 27.7. The normalized spacial score (nSPS) is 18.8. The molecule has 260 valence electrons. The van der Waals surface area contributed by atoms with Gasteiger partial charge in [0.15, 0.2) is 5.75 Å². The summed E-state index contributed by atoms with van der Waals surface area (Å²) in [6.45, 7) is 3.77. The average Bonchev–Trinajstić information content (AvgIpc) is 3.62. The number of methoxy groups -OCH3 is 3. The summed E-state index contributed by atoms with van der Waals surface area (Å²) < 4.78 is 58.9. The lowest BCUT2D eigenvalue weighted by Crippen LogP contribution is -2.67. The number of piperazine rings is 2. The monoisotopic (exact) mass is 679 g/mol. The summed E-state index contributed by atoms with van der Waals surface area (Å²) >= 11 is 0. The van der Waals surface area contributed by atoms with Crippen molar-refractivity contribution < 1.29 is 32.2 Å². The number of halogens is 3. The Morgan fingerprint density at radius 1 is 0.898 bits per heavy atom. The number of alkyl halides is 3. The molecule has 0 radical (unpaired) electrons. The van der Waals surface area contributed by atoms with Gasteiger partial charge in [0.1, 0.15) is 11.4 Å². The molecule has 49 heavy (non-hydrogen) atoms. The number of aromatic nitrogens is 4. The zero-order chi connectivity index (χ0) is 34.5. The van der Waals surface area contributed by atoms with Gasteiger partial charge in [-0.1, -0.05) is 60.7 Å². The lowest BCUT2D eigenvalue weighted by atomic mass is 9.81. The van der Waals surface area contributed by atoms with Gasteiger partial charge in [0.05, 0.1) is 32.8 Å². The fraction of sp³-hybridized carbons (Fsp3) is 0.429. The molecule has 2 saturated heterocycles. The van der Waals surface area contributed by atoms with Crippen molar-refractivity contribution in [1.29, 1.82) is 0 Å². The number of rotatable bonds is 11. The molecule has 1 aromatic heterocycles. The summed E-state index contributed by atoms with van der Waals surface area (Å²) in [7, 11) is 4.51. The lowest BCUT2D eigenvalue weighted by molar-refractivity contribution is -0.146. The van der Waals surface area contributed by atoms with Crippen LogP contribution in [0.15, 0.2) is 72.8 Å². The minimum absolute atomic E-state index is 0.00846. The number of carbonyl (C=O) groups is 1. The van der Waals surface area contributed by atoms with Crippen molar-refractivity contribution in [2.75, 3.05) is 60.7 Å². The van der Waals surface area contributed by atoms with Crippen molar-refractivity contribution >= 4 is 5.91 Å². The molecule has 3 heterocycles. The van der Waals surface area contributed by atoms with Crippen LogP contribution in [-0.4, -0.2) is 114 Å². The second-order valence-corrected chi connectivity index (χ2v) is 12.2. The number of hydrogen-bond acceptors (Lipinski definition) is 9. The number of benzene rings is 3. The Kier molecular flexibility index (Phi) is 10.5. The third kappa shape index (κ3) is 7.26. The van der Waals surface area contributed by atoms with Crippen LogP contribution >= 0.6 is 0 Å². The molecular weight excluding hydrogens is 639 g/mol. The predicted octanol–water partition coefficient (Wildman–Crippen LogP) is 4.26. The Bertz CT molecular complexity index is 1670. The topological polar surface area (TPSA) is 98.1 Å². The van der Waals surface area contributed by atoms with E-state index in [1.807, 2.05) is 41.3 Å². The van der Waals surface area contributed by atoms with Gasteiger partial charge >= 0.3 is 6.18 Å².